The van der Waals surface area contributed by atoms with Crippen LogP contribution in [-0.2, 0) is 0 Å². The number of ether oxygens (including phenoxy) is 1. The molecule has 0 spiro atoms. The van der Waals surface area contributed by atoms with E-state index >= 15 is 4.39 Å². The summed E-state index contributed by atoms with van der Waals surface area (Å²) in [6.07, 6.45) is 1.37. The van der Waals surface area contributed by atoms with Gasteiger partial charge in [0, 0.05) is 42.2 Å². The lowest BCUT2D eigenvalue weighted by molar-refractivity contribution is 0.108. The molecule has 1 unspecified atom stereocenters. The molecule has 3 aliphatic heterocycles. The van der Waals surface area contributed by atoms with E-state index in [2.05, 4.69) is 21.9 Å². The highest BCUT2D eigenvalue weighted by atomic mass is 35.5. The standard InChI is InChI=1S/C33H31ClF4N8OS/c1-15-9-16(2)46(8-6-41-3)31-22-20(15)24(34)23(26-21-18(11-39)30(40)48-28(21)19(35)12-42-26)25(36)27(22)43-32(44-31)47-14-33-5-4-7-45(33)13-17(10-33)29(37)38/h12,16,41H,1,4-10,13-14,40H2,2-3H3/t16-,33?/m0/s1. The van der Waals surface area contributed by atoms with Gasteiger partial charge in [-0.2, -0.15) is 24.0 Å². The molecule has 3 aliphatic rings. The minimum Gasteiger partial charge on any atom is -0.461 e. The smallest absolute Gasteiger partial charge is 0.319 e. The van der Waals surface area contributed by atoms with Gasteiger partial charge in [-0.05, 0) is 51.8 Å². The Morgan fingerprint density at radius 3 is 2.81 bits per heavy atom. The highest BCUT2D eigenvalue weighted by Crippen LogP contribution is 2.50. The van der Waals surface area contributed by atoms with E-state index in [9.17, 15) is 18.4 Å². The summed E-state index contributed by atoms with van der Waals surface area (Å²) in [6, 6.07) is 1.72. The maximum Gasteiger partial charge on any atom is 0.319 e. The monoisotopic (exact) mass is 698 g/mol. The van der Waals surface area contributed by atoms with E-state index in [0.29, 0.717) is 54.8 Å². The van der Waals surface area contributed by atoms with Gasteiger partial charge >= 0.3 is 6.01 Å². The Balaban J connectivity index is 1.47. The normalized spacial score (nSPS) is 20.9. The molecule has 15 heteroatoms. The third-order valence-corrected chi connectivity index (χ3v) is 11.1. The quantitative estimate of drug-likeness (QED) is 0.199. The van der Waals surface area contributed by atoms with E-state index < -0.39 is 23.3 Å². The summed E-state index contributed by atoms with van der Waals surface area (Å²) in [5, 5.41) is 13.5. The van der Waals surface area contributed by atoms with Crippen LogP contribution in [0, 0.1) is 23.0 Å². The number of hydrogen-bond donors (Lipinski definition) is 2. The number of aromatic nitrogens is 3. The topological polar surface area (TPSA) is 116 Å². The first-order valence-electron chi connectivity index (χ1n) is 15.5. The first kappa shape index (κ1) is 32.5. The van der Waals surface area contributed by atoms with Crippen LogP contribution in [0.2, 0.25) is 5.02 Å². The van der Waals surface area contributed by atoms with Crippen LogP contribution >= 0.6 is 22.9 Å². The van der Waals surface area contributed by atoms with E-state index in [1.807, 2.05) is 29.8 Å². The van der Waals surface area contributed by atoms with E-state index in [1.54, 1.807) is 0 Å². The fourth-order valence-electron chi connectivity index (χ4n) is 7.47. The first-order chi connectivity index (χ1) is 23.0. The Morgan fingerprint density at radius 1 is 1.29 bits per heavy atom. The van der Waals surface area contributed by atoms with Crippen LogP contribution in [0.1, 0.15) is 43.7 Å². The average molecular weight is 699 g/mol. The van der Waals surface area contributed by atoms with Gasteiger partial charge < -0.3 is 20.7 Å². The Hall–Kier alpha value is -4.03. The first-order valence-corrected chi connectivity index (χ1v) is 16.7. The molecule has 4 aromatic rings. The molecule has 48 heavy (non-hydrogen) atoms. The Morgan fingerprint density at radius 2 is 2.08 bits per heavy atom. The SMILES string of the molecule is C=C1C[C@H](C)N(CCNC)c2nc(OCC34CCCN3CC(=C(F)F)C4)nc3c(F)c(-c4ncc(F)c5sc(N)c(C#N)c45)c(Cl)c1c23. The number of fused-ring (bicyclic) bond motifs is 2. The lowest BCUT2D eigenvalue weighted by atomic mass is 9.93. The lowest BCUT2D eigenvalue weighted by Crippen LogP contribution is -2.43. The number of nitrogens with zero attached hydrogens (tertiary/aromatic N) is 6. The van der Waals surface area contributed by atoms with E-state index in [0.717, 1.165) is 24.0 Å². The number of nitriles is 1. The van der Waals surface area contributed by atoms with Crippen molar-refractivity contribution >= 4 is 60.3 Å². The third kappa shape index (κ3) is 4.98. The van der Waals surface area contributed by atoms with Crippen LogP contribution < -0.4 is 20.7 Å². The molecule has 0 saturated carbocycles. The van der Waals surface area contributed by atoms with Gasteiger partial charge in [0.05, 0.1) is 43.7 Å². The van der Waals surface area contributed by atoms with Crippen LogP contribution in [0.25, 0.3) is 37.8 Å². The van der Waals surface area contributed by atoms with Crippen molar-refractivity contribution in [2.75, 3.05) is 50.5 Å². The predicted molar refractivity (Wildman–Crippen MR) is 179 cm³/mol. The van der Waals surface area contributed by atoms with Crippen molar-refractivity contribution in [2.24, 2.45) is 0 Å². The van der Waals surface area contributed by atoms with Gasteiger partial charge in [-0.25, -0.2) is 8.78 Å². The van der Waals surface area contributed by atoms with Gasteiger partial charge in [-0.1, -0.05) is 18.2 Å². The Bertz CT molecular complexity index is 2090. The summed E-state index contributed by atoms with van der Waals surface area (Å²) < 4.78 is 65.7. The minimum absolute atomic E-state index is 0.0285. The van der Waals surface area contributed by atoms with Crippen molar-refractivity contribution < 1.29 is 22.3 Å². The predicted octanol–water partition coefficient (Wildman–Crippen LogP) is 6.89. The van der Waals surface area contributed by atoms with Gasteiger partial charge in [0.25, 0.3) is 6.08 Å². The number of likely N-dealkylation sites (N-methyl/N-ethyl adjacent to an activating group) is 1. The van der Waals surface area contributed by atoms with Crippen molar-refractivity contribution in [3.63, 3.8) is 0 Å². The fourth-order valence-corrected chi connectivity index (χ4v) is 8.79. The molecule has 250 valence electrons. The largest absolute Gasteiger partial charge is 0.461 e. The number of halogens is 5. The molecular weight excluding hydrogens is 668 g/mol. The van der Waals surface area contributed by atoms with Gasteiger partial charge in [-0.3, -0.25) is 9.88 Å². The average Bonchev–Trinajstić information content (AvgIpc) is 3.70. The van der Waals surface area contributed by atoms with Gasteiger partial charge in [0.1, 0.15) is 29.0 Å². The second kappa shape index (κ2) is 12.1. The summed E-state index contributed by atoms with van der Waals surface area (Å²) in [6.45, 7) is 8.26. The number of anilines is 2. The van der Waals surface area contributed by atoms with Crippen molar-refractivity contribution in [1.82, 2.24) is 25.2 Å². The lowest BCUT2D eigenvalue weighted by Gasteiger charge is -2.32. The van der Waals surface area contributed by atoms with Crippen LogP contribution in [0.15, 0.2) is 24.4 Å². The zero-order valence-corrected chi connectivity index (χ0v) is 27.8. The molecule has 0 aliphatic carbocycles. The highest BCUT2D eigenvalue weighted by Gasteiger charge is 2.48. The molecule has 1 aromatic carbocycles. The van der Waals surface area contributed by atoms with E-state index in [1.165, 1.54) is 0 Å². The number of rotatable bonds is 7. The molecule has 0 bridgehead atoms. The number of nitrogen functional groups attached to an aromatic ring is 1. The molecule has 2 saturated heterocycles. The van der Waals surface area contributed by atoms with Crippen molar-refractivity contribution in [3.05, 3.63) is 52.2 Å². The van der Waals surface area contributed by atoms with Crippen molar-refractivity contribution in [2.45, 2.75) is 44.2 Å². The molecule has 3 aromatic heterocycles. The van der Waals surface area contributed by atoms with Gasteiger partial charge in [0.2, 0.25) is 0 Å². The molecule has 9 nitrogen and oxygen atoms in total. The number of hydrogen-bond acceptors (Lipinski definition) is 10. The maximum absolute atomic E-state index is 17.2. The van der Waals surface area contributed by atoms with Crippen LogP contribution in [0.4, 0.5) is 28.4 Å². The summed E-state index contributed by atoms with van der Waals surface area (Å²) in [4.78, 5) is 17.6. The van der Waals surface area contributed by atoms with Crippen molar-refractivity contribution in [1.29, 1.82) is 5.26 Å². The Kier molecular flexibility index (Phi) is 8.22. The number of nitrogens with one attached hydrogen (secondary N) is 1. The zero-order chi connectivity index (χ0) is 34.1. The van der Waals surface area contributed by atoms with Crippen LogP contribution in [-0.4, -0.2) is 71.3 Å². The van der Waals surface area contributed by atoms with Gasteiger partial charge in [0.15, 0.2) is 11.6 Å². The van der Waals surface area contributed by atoms with Crippen molar-refractivity contribution in [3.8, 4) is 23.3 Å². The van der Waals surface area contributed by atoms with E-state index in [4.69, 9.17) is 27.1 Å². The number of pyridine rings is 1. The minimum atomic E-state index is -1.67. The molecular formula is C33H31ClF4N8OS. The van der Waals surface area contributed by atoms with E-state index in [-0.39, 0.29) is 79.6 Å². The van der Waals surface area contributed by atoms with Gasteiger partial charge in [-0.15, -0.1) is 11.3 Å². The molecule has 6 heterocycles. The molecule has 7 rings (SSSR count). The number of benzene rings is 1. The molecule has 0 amide bonds. The maximum atomic E-state index is 17.2. The number of nitrogens with two attached hydrogens (primary N) is 1. The fraction of sp³-hybridized carbons (Fsp3) is 0.394. The summed E-state index contributed by atoms with van der Waals surface area (Å²) >= 11 is 7.96. The molecule has 0 radical (unpaired) electrons. The molecule has 3 N–H and O–H groups in total. The third-order valence-electron chi connectivity index (χ3n) is 9.74. The summed E-state index contributed by atoms with van der Waals surface area (Å²) in [7, 11) is 1.82. The molecule has 2 fully saturated rings. The Labute approximate surface area is 282 Å². The summed E-state index contributed by atoms with van der Waals surface area (Å²) in [5.74, 6) is -1.20. The zero-order valence-electron chi connectivity index (χ0n) is 26.2. The molecule has 2 atom stereocenters. The highest BCUT2D eigenvalue weighted by molar-refractivity contribution is 7.23. The second-order valence-corrected chi connectivity index (χ2v) is 14.0. The summed E-state index contributed by atoms with van der Waals surface area (Å²) in [5.41, 5.74) is 6.13. The van der Waals surface area contributed by atoms with Crippen LogP contribution in [0.3, 0.4) is 0 Å². The van der Waals surface area contributed by atoms with Crippen LogP contribution in [0.5, 0.6) is 6.01 Å². The second-order valence-electron chi connectivity index (χ2n) is 12.6. The number of thiophene rings is 1.